The van der Waals surface area contributed by atoms with E-state index >= 15 is 0 Å². The highest BCUT2D eigenvalue weighted by molar-refractivity contribution is 7.89. The highest BCUT2D eigenvalue weighted by atomic mass is 35.5. The number of ether oxygens (including phenoxy) is 1. The molecule has 6 nitrogen and oxygen atoms in total. The molecule has 0 aromatic heterocycles. The fourth-order valence-electron chi connectivity index (χ4n) is 2.88. The minimum atomic E-state index is -3.68. The van der Waals surface area contributed by atoms with E-state index in [9.17, 15) is 13.2 Å². The van der Waals surface area contributed by atoms with E-state index in [4.69, 9.17) is 16.3 Å². The summed E-state index contributed by atoms with van der Waals surface area (Å²) in [6.45, 7) is 0.629. The Bertz CT molecular complexity index is 734. The monoisotopic (exact) mass is 372 g/mol. The van der Waals surface area contributed by atoms with Gasteiger partial charge in [-0.2, -0.15) is 4.31 Å². The van der Waals surface area contributed by atoms with Crippen molar-refractivity contribution < 1.29 is 17.9 Å². The summed E-state index contributed by atoms with van der Waals surface area (Å²) in [5.41, 5.74) is 0. The van der Waals surface area contributed by atoms with Gasteiger partial charge in [-0.3, -0.25) is 4.79 Å². The van der Waals surface area contributed by atoms with Crippen LogP contribution >= 0.6 is 11.6 Å². The Kier molecular flexibility index (Phi) is 5.03. The standard InChI is InChI=1S/C16H21ClN2O4S/c1-23-15-7-6-13(9-14(15)17)24(21,22)19-8-2-3-11(10-19)16(20)18-12-4-5-12/h6-7,9,11-12H,2-5,8,10H2,1H3,(H,18,20). The van der Waals surface area contributed by atoms with Gasteiger partial charge in [-0.1, -0.05) is 11.6 Å². The minimum Gasteiger partial charge on any atom is -0.495 e. The van der Waals surface area contributed by atoms with Gasteiger partial charge in [-0.15, -0.1) is 0 Å². The summed E-state index contributed by atoms with van der Waals surface area (Å²) in [4.78, 5) is 12.3. The summed E-state index contributed by atoms with van der Waals surface area (Å²) < 4.78 is 32.1. The van der Waals surface area contributed by atoms with Crippen molar-refractivity contribution in [3.63, 3.8) is 0 Å². The first kappa shape index (κ1) is 17.5. The Morgan fingerprint density at radius 2 is 2.08 bits per heavy atom. The number of nitrogens with one attached hydrogen (secondary N) is 1. The molecule has 1 aromatic carbocycles. The van der Waals surface area contributed by atoms with E-state index in [-0.39, 0.29) is 34.3 Å². The lowest BCUT2D eigenvalue weighted by Gasteiger charge is -2.31. The van der Waals surface area contributed by atoms with Gasteiger partial charge in [-0.25, -0.2) is 8.42 Å². The van der Waals surface area contributed by atoms with Crippen LogP contribution in [-0.4, -0.2) is 44.9 Å². The van der Waals surface area contributed by atoms with E-state index in [2.05, 4.69) is 5.32 Å². The van der Waals surface area contributed by atoms with Gasteiger partial charge in [0.15, 0.2) is 0 Å². The van der Waals surface area contributed by atoms with E-state index in [0.717, 1.165) is 12.8 Å². The molecule has 1 heterocycles. The number of methoxy groups -OCH3 is 1. The first-order chi connectivity index (χ1) is 11.4. The molecular weight excluding hydrogens is 352 g/mol. The molecule has 132 valence electrons. The number of carbonyl (C=O) groups is 1. The lowest BCUT2D eigenvalue weighted by molar-refractivity contribution is -0.126. The van der Waals surface area contributed by atoms with Crippen LogP contribution in [0, 0.1) is 5.92 Å². The maximum Gasteiger partial charge on any atom is 0.243 e. The van der Waals surface area contributed by atoms with Crippen molar-refractivity contribution in [3.8, 4) is 5.75 Å². The molecular formula is C16H21ClN2O4S. The number of nitrogens with zero attached hydrogens (tertiary/aromatic N) is 1. The van der Waals surface area contributed by atoms with Crippen LogP contribution in [0.15, 0.2) is 23.1 Å². The van der Waals surface area contributed by atoms with Crippen LogP contribution in [0.1, 0.15) is 25.7 Å². The molecule has 2 aliphatic rings. The normalized spacial score (nSPS) is 22.2. The number of hydrogen-bond donors (Lipinski definition) is 1. The predicted molar refractivity (Wildman–Crippen MR) is 90.7 cm³/mol. The van der Waals surface area contributed by atoms with E-state index in [0.29, 0.717) is 25.1 Å². The Hall–Kier alpha value is -1.31. The molecule has 1 aromatic rings. The van der Waals surface area contributed by atoms with Crippen molar-refractivity contribution in [2.45, 2.75) is 36.6 Å². The average molecular weight is 373 g/mol. The summed E-state index contributed by atoms with van der Waals surface area (Å²) in [5.74, 6) is 0.101. The molecule has 1 amide bonds. The Balaban J connectivity index is 1.75. The SMILES string of the molecule is COc1ccc(S(=O)(=O)N2CCCC(C(=O)NC3CC3)C2)cc1Cl. The van der Waals surface area contributed by atoms with Crippen molar-refractivity contribution in [1.29, 1.82) is 0 Å². The first-order valence-corrected chi connectivity index (χ1v) is 9.87. The molecule has 24 heavy (non-hydrogen) atoms. The molecule has 1 atom stereocenters. The fourth-order valence-corrected chi connectivity index (χ4v) is 4.75. The smallest absolute Gasteiger partial charge is 0.243 e. The second-order valence-corrected chi connectivity index (χ2v) is 8.63. The van der Waals surface area contributed by atoms with Crippen molar-refractivity contribution >= 4 is 27.5 Å². The van der Waals surface area contributed by atoms with Crippen molar-refractivity contribution in [1.82, 2.24) is 9.62 Å². The second kappa shape index (κ2) is 6.90. The molecule has 0 spiro atoms. The summed E-state index contributed by atoms with van der Waals surface area (Å²) in [6, 6.07) is 4.69. The minimum absolute atomic E-state index is 0.0369. The van der Waals surface area contributed by atoms with E-state index in [1.54, 1.807) is 0 Å². The lowest BCUT2D eigenvalue weighted by atomic mass is 9.99. The molecule has 1 aliphatic carbocycles. The summed E-state index contributed by atoms with van der Waals surface area (Å²) >= 11 is 6.05. The number of carbonyl (C=O) groups excluding carboxylic acids is 1. The first-order valence-electron chi connectivity index (χ1n) is 8.06. The second-order valence-electron chi connectivity index (χ2n) is 6.28. The van der Waals surface area contributed by atoms with Crippen LogP contribution in [0.5, 0.6) is 5.75 Å². The number of benzene rings is 1. The van der Waals surface area contributed by atoms with Crippen LogP contribution in [0.25, 0.3) is 0 Å². The molecule has 1 unspecified atom stereocenters. The molecule has 1 N–H and O–H groups in total. The van der Waals surface area contributed by atoms with Gasteiger partial charge in [0.1, 0.15) is 5.75 Å². The van der Waals surface area contributed by atoms with E-state index < -0.39 is 10.0 Å². The van der Waals surface area contributed by atoms with Crippen LogP contribution < -0.4 is 10.1 Å². The molecule has 1 aliphatic heterocycles. The number of sulfonamides is 1. The van der Waals surface area contributed by atoms with E-state index in [1.165, 1.54) is 29.6 Å². The van der Waals surface area contributed by atoms with Gasteiger partial charge in [0.2, 0.25) is 15.9 Å². The molecule has 1 saturated carbocycles. The van der Waals surface area contributed by atoms with Crippen LogP contribution in [0.3, 0.4) is 0 Å². The fraction of sp³-hybridized carbons (Fsp3) is 0.562. The summed E-state index contributed by atoms with van der Waals surface area (Å²) in [7, 11) is -2.20. The van der Waals surface area contributed by atoms with Crippen LogP contribution in [0.2, 0.25) is 5.02 Å². The predicted octanol–water partition coefficient (Wildman–Crippen LogP) is 2.03. The number of piperidine rings is 1. The molecule has 0 bridgehead atoms. The zero-order valence-corrected chi connectivity index (χ0v) is 15.1. The molecule has 2 fully saturated rings. The third-order valence-electron chi connectivity index (χ3n) is 4.44. The number of rotatable bonds is 5. The number of amides is 1. The third-order valence-corrected chi connectivity index (χ3v) is 6.60. The number of hydrogen-bond acceptors (Lipinski definition) is 4. The van der Waals surface area contributed by atoms with Crippen molar-refractivity contribution in [2.75, 3.05) is 20.2 Å². The lowest BCUT2D eigenvalue weighted by Crippen LogP contribution is -2.45. The molecule has 1 saturated heterocycles. The molecule has 3 rings (SSSR count). The maximum absolute atomic E-state index is 12.8. The van der Waals surface area contributed by atoms with Gasteiger partial charge in [0.05, 0.1) is 22.9 Å². The quantitative estimate of drug-likeness (QED) is 0.858. The van der Waals surface area contributed by atoms with Gasteiger partial charge in [0, 0.05) is 19.1 Å². The summed E-state index contributed by atoms with van der Waals surface area (Å²) in [5, 5.41) is 3.21. The molecule has 0 radical (unpaired) electrons. The van der Waals surface area contributed by atoms with Gasteiger partial charge in [0.25, 0.3) is 0 Å². The molecule has 8 heteroatoms. The number of halogens is 1. The Morgan fingerprint density at radius 3 is 2.71 bits per heavy atom. The summed E-state index contributed by atoms with van der Waals surface area (Å²) in [6.07, 6.45) is 3.43. The van der Waals surface area contributed by atoms with Crippen molar-refractivity contribution in [3.05, 3.63) is 23.2 Å². The van der Waals surface area contributed by atoms with Crippen LogP contribution in [-0.2, 0) is 14.8 Å². The van der Waals surface area contributed by atoms with Gasteiger partial charge >= 0.3 is 0 Å². The topological polar surface area (TPSA) is 75.7 Å². The maximum atomic E-state index is 12.8. The largest absolute Gasteiger partial charge is 0.495 e. The van der Waals surface area contributed by atoms with Gasteiger partial charge < -0.3 is 10.1 Å². The highest BCUT2D eigenvalue weighted by Gasteiger charge is 2.35. The van der Waals surface area contributed by atoms with Gasteiger partial charge in [-0.05, 0) is 43.9 Å². The highest BCUT2D eigenvalue weighted by Crippen LogP contribution is 2.30. The van der Waals surface area contributed by atoms with E-state index in [1.807, 2.05) is 0 Å². The van der Waals surface area contributed by atoms with Crippen LogP contribution in [0.4, 0.5) is 0 Å². The van der Waals surface area contributed by atoms with Crippen molar-refractivity contribution in [2.24, 2.45) is 5.92 Å². The Morgan fingerprint density at radius 1 is 1.33 bits per heavy atom. The average Bonchev–Trinajstić information content (AvgIpc) is 3.38. The zero-order valence-electron chi connectivity index (χ0n) is 13.5. The Labute approximate surface area is 147 Å². The third kappa shape index (κ3) is 3.68. The zero-order chi connectivity index (χ0) is 17.3.